The molecule has 0 aliphatic rings. The van der Waals surface area contributed by atoms with Crippen LogP contribution < -0.4 is 25.3 Å². The zero-order valence-electron chi connectivity index (χ0n) is 11.4. The van der Waals surface area contributed by atoms with Crippen molar-refractivity contribution in [3.63, 3.8) is 0 Å². The van der Waals surface area contributed by atoms with Crippen molar-refractivity contribution in [1.29, 1.82) is 0 Å². The van der Waals surface area contributed by atoms with E-state index in [1.807, 2.05) is 0 Å². The lowest BCUT2D eigenvalue weighted by molar-refractivity contribution is -0.309. The van der Waals surface area contributed by atoms with Gasteiger partial charge in [-0.1, -0.05) is 0 Å². The van der Waals surface area contributed by atoms with Crippen molar-refractivity contribution in [3.05, 3.63) is 34.2 Å². The van der Waals surface area contributed by atoms with E-state index in [4.69, 9.17) is 13.9 Å². The summed E-state index contributed by atoms with van der Waals surface area (Å²) in [5.74, 6) is -3.04. The fraction of sp³-hybridized carbons (Fsp3) is 0.214. The number of aryl methyl sites for hydroxylation is 1. The summed E-state index contributed by atoms with van der Waals surface area (Å²) in [5, 5.41) is 21.4. The number of fused-ring (bicyclic) bond motifs is 1. The molecule has 116 valence electrons. The summed E-state index contributed by atoms with van der Waals surface area (Å²) in [6, 6.07) is 3.89. The van der Waals surface area contributed by atoms with Crippen LogP contribution in [0.2, 0.25) is 0 Å². The Morgan fingerprint density at radius 1 is 1.05 bits per heavy atom. The molecule has 0 fully saturated rings. The summed E-state index contributed by atoms with van der Waals surface area (Å²) in [7, 11) is 0. The number of hydrogen-bond donors (Lipinski definition) is 0. The number of carbonyl (C=O) groups is 2. The molecule has 8 nitrogen and oxygen atoms in total. The first-order valence-electron chi connectivity index (χ1n) is 6.10. The minimum Gasteiger partial charge on any atom is -0.546 e. The fourth-order valence-electron chi connectivity index (χ4n) is 1.83. The monoisotopic (exact) mass is 306 g/mol. The molecule has 0 aliphatic carbocycles. The Bertz CT molecular complexity index is 789. The lowest BCUT2D eigenvalue weighted by atomic mass is 10.1. The van der Waals surface area contributed by atoms with Crippen LogP contribution in [0.25, 0.3) is 11.0 Å². The normalized spacial score (nSPS) is 10.4. The van der Waals surface area contributed by atoms with Crippen molar-refractivity contribution >= 4 is 22.9 Å². The molecule has 0 N–H and O–H groups in total. The number of benzene rings is 1. The van der Waals surface area contributed by atoms with E-state index in [0.29, 0.717) is 10.9 Å². The predicted octanol–water partition coefficient (Wildman–Crippen LogP) is -1.64. The third-order valence-electron chi connectivity index (χ3n) is 2.71. The van der Waals surface area contributed by atoms with E-state index in [0.717, 1.165) is 0 Å². The van der Waals surface area contributed by atoms with Gasteiger partial charge in [0.15, 0.2) is 11.5 Å². The van der Waals surface area contributed by atoms with Crippen LogP contribution in [-0.4, -0.2) is 25.2 Å². The summed E-state index contributed by atoms with van der Waals surface area (Å²) < 4.78 is 14.9. The highest BCUT2D eigenvalue weighted by atomic mass is 16.5. The van der Waals surface area contributed by atoms with Crippen molar-refractivity contribution in [2.24, 2.45) is 0 Å². The summed E-state index contributed by atoms with van der Waals surface area (Å²) in [6.45, 7) is 0.135. The first kappa shape index (κ1) is 15.4. The van der Waals surface area contributed by atoms with Gasteiger partial charge in [0.2, 0.25) is 0 Å². The molecule has 0 spiro atoms. The highest BCUT2D eigenvalue weighted by Gasteiger charge is 2.12. The molecule has 0 radical (unpaired) electrons. The molecule has 1 heterocycles. The lowest BCUT2D eigenvalue weighted by Crippen LogP contribution is -2.30. The maximum Gasteiger partial charge on any atom is 0.336 e. The van der Waals surface area contributed by atoms with E-state index in [1.54, 1.807) is 6.92 Å². The second kappa shape index (κ2) is 6.17. The molecule has 0 aliphatic heterocycles. The van der Waals surface area contributed by atoms with Crippen molar-refractivity contribution < 1.29 is 33.7 Å². The van der Waals surface area contributed by atoms with E-state index < -0.39 is 30.8 Å². The summed E-state index contributed by atoms with van der Waals surface area (Å²) in [5.41, 5.74) is 0.148. The molecule has 0 bridgehead atoms. The van der Waals surface area contributed by atoms with Crippen LogP contribution >= 0.6 is 0 Å². The summed E-state index contributed by atoms with van der Waals surface area (Å²) in [6.07, 6.45) is 0. The Hall–Kier alpha value is -3.03. The van der Waals surface area contributed by atoms with Crippen LogP contribution in [-0.2, 0) is 9.59 Å². The van der Waals surface area contributed by atoms with Gasteiger partial charge in [-0.2, -0.15) is 0 Å². The van der Waals surface area contributed by atoms with Crippen molar-refractivity contribution in [1.82, 2.24) is 0 Å². The third-order valence-corrected chi connectivity index (χ3v) is 2.71. The van der Waals surface area contributed by atoms with Crippen molar-refractivity contribution in [2.45, 2.75) is 6.92 Å². The lowest BCUT2D eigenvalue weighted by Gasteiger charge is -2.14. The number of carboxylic acid groups (broad SMARTS) is 2. The smallest absolute Gasteiger partial charge is 0.336 e. The minimum atomic E-state index is -1.48. The van der Waals surface area contributed by atoms with Gasteiger partial charge < -0.3 is 33.7 Å². The minimum absolute atomic E-state index is 0.0186. The van der Waals surface area contributed by atoms with Crippen molar-refractivity contribution in [3.8, 4) is 11.5 Å². The molecular weight excluding hydrogens is 296 g/mol. The predicted molar refractivity (Wildman–Crippen MR) is 68.2 cm³/mol. The van der Waals surface area contributed by atoms with Gasteiger partial charge in [0.1, 0.15) is 18.8 Å². The maximum atomic E-state index is 11.4. The molecule has 8 heteroatoms. The van der Waals surface area contributed by atoms with Gasteiger partial charge >= 0.3 is 5.63 Å². The van der Waals surface area contributed by atoms with Gasteiger partial charge in [-0.25, -0.2) is 4.79 Å². The van der Waals surface area contributed by atoms with Crippen LogP contribution in [0.4, 0.5) is 0 Å². The summed E-state index contributed by atoms with van der Waals surface area (Å²) in [4.78, 5) is 32.3. The first-order valence-corrected chi connectivity index (χ1v) is 6.10. The van der Waals surface area contributed by atoms with Crippen LogP contribution in [0.15, 0.2) is 27.4 Å². The third kappa shape index (κ3) is 3.54. The largest absolute Gasteiger partial charge is 0.546 e. The number of aliphatic carboxylic acids is 2. The molecule has 0 saturated carbocycles. The van der Waals surface area contributed by atoms with Crippen LogP contribution in [0, 0.1) is 6.92 Å². The molecule has 0 amide bonds. The molecule has 0 atom stereocenters. The number of carbonyl (C=O) groups excluding carboxylic acids is 2. The maximum absolute atomic E-state index is 11.4. The van der Waals surface area contributed by atoms with E-state index in [2.05, 4.69) is 0 Å². The van der Waals surface area contributed by atoms with E-state index >= 15 is 0 Å². The molecule has 2 rings (SSSR count). The zero-order chi connectivity index (χ0) is 16.3. The number of hydrogen-bond acceptors (Lipinski definition) is 8. The average Bonchev–Trinajstić information content (AvgIpc) is 2.42. The quantitative estimate of drug-likeness (QED) is 0.581. The first-order chi connectivity index (χ1) is 10.4. The van der Waals surface area contributed by atoms with Gasteiger partial charge in [-0.3, -0.25) is 0 Å². The summed E-state index contributed by atoms with van der Waals surface area (Å²) >= 11 is 0. The molecule has 0 saturated heterocycles. The van der Waals surface area contributed by atoms with Crippen molar-refractivity contribution in [2.75, 3.05) is 13.2 Å². The average molecular weight is 306 g/mol. The number of carboxylic acids is 2. The van der Waals surface area contributed by atoms with E-state index in [1.165, 1.54) is 18.2 Å². The second-order valence-electron chi connectivity index (χ2n) is 4.36. The van der Waals surface area contributed by atoms with Crippen LogP contribution in [0.3, 0.4) is 0 Å². The Balaban J connectivity index is 2.51. The van der Waals surface area contributed by atoms with Gasteiger partial charge in [-0.15, -0.1) is 0 Å². The standard InChI is InChI=1S/C14H12O8/c1-7-2-14(19)22-9-4-11(21-6-13(17)18)10(3-8(7)9)20-5-12(15)16/h2-4H,5-6H2,1H3,(H,15,16)(H,17,18)/p-2. The zero-order valence-corrected chi connectivity index (χ0v) is 11.4. The number of ether oxygens (including phenoxy) is 2. The molecular formula is C14H10O8-2. The number of rotatable bonds is 6. The molecule has 1 aromatic carbocycles. The molecule has 1 aromatic heterocycles. The fourth-order valence-corrected chi connectivity index (χ4v) is 1.83. The Morgan fingerprint density at radius 3 is 2.14 bits per heavy atom. The highest BCUT2D eigenvalue weighted by molar-refractivity contribution is 5.84. The van der Waals surface area contributed by atoms with E-state index in [-0.39, 0.29) is 17.1 Å². The van der Waals surface area contributed by atoms with Gasteiger partial charge in [0.05, 0.1) is 11.9 Å². The van der Waals surface area contributed by atoms with Crippen LogP contribution in [0.5, 0.6) is 11.5 Å². The topological polar surface area (TPSA) is 129 Å². The molecule has 2 aromatic rings. The molecule has 0 unspecified atom stereocenters. The van der Waals surface area contributed by atoms with E-state index in [9.17, 15) is 24.6 Å². The SMILES string of the molecule is Cc1cc(=O)oc2cc(OCC(=O)[O-])c(OCC(=O)[O-])cc12. The van der Waals surface area contributed by atoms with Gasteiger partial charge in [0, 0.05) is 17.5 Å². The van der Waals surface area contributed by atoms with Gasteiger partial charge in [-0.05, 0) is 18.6 Å². The Morgan fingerprint density at radius 2 is 1.59 bits per heavy atom. The molecule has 22 heavy (non-hydrogen) atoms. The highest BCUT2D eigenvalue weighted by Crippen LogP contribution is 2.33. The Labute approximate surface area is 123 Å². The van der Waals surface area contributed by atoms with Gasteiger partial charge in [0.25, 0.3) is 0 Å². The van der Waals surface area contributed by atoms with Crippen LogP contribution in [0.1, 0.15) is 5.56 Å². The Kier molecular flexibility index (Phi) is 4.31. The second-order valence-corrected chi connectivity index (χ2v) is 4.36.